The first-order valence-electron chi connectivity index (χ1n) is 7.97. The van der Waals surface area contributed by atoms with E-state index in [-0.39, 0.29) is 11.7 Å². The largest absolute Gasteiger partial charge is 0.504 e. The minimum atomic E-state index is 0.109. The molecule has 1 saturated heterocycles. The molecule has 5 heteroatoms. The van der Waals surface area contributed by atoms with Crippen LogP contribution in [0.2, 0.25) is 0 Å². The molecule has 1 fully saturated rings. The molecule has 0 aliphatic carbocycles. The fourth-order valence-electron chi connectivity index (χ4n) is 2.68. The molecule has 0 atom stereocenters. The number of carbonyl (C=O) groups is 1. The zero-order valence-corrected chi connectivity index (χ0v) is 13.5. The highest BCUT2D eigenvalue weighted by Crippen LogP contribution is 2.24. The van der Waals surface area contributed by atoms with Crippen LogP contribution < -0.4 is 4.74 Å². The summed E-state index contributed by atoms with van der Waals surface area (Å²) in [6.45, 7) is 9.31. The maximum atomic E-state index is 12.2. The summed E-state index contributed by atoms with van der Waals surface area (Å²) < 4.78 is 5.46. The Balaban J connectivity index is 1.69. The van der Waals surface area contributed by atoms with Crippen LogP contribution in [0, 0.1) is 5.92 Å². The van der Waals surface area contributed by atoms with E-state index >= 15 is 0 Å². The first kappa shape index (κ1) is 16.6. The topological polar surface area (TPSA) is 53.0 Å². The maximum Gasteiger partial charge on any atom is 0.226 e. The monoisotopic (exact) mass is 306 g/mol. The van der Waals surface area contributed by atoms with Crippen molar-refractivity contribution in [3.05, 3.63) is 24.3 Å². The first-order chi connectivity index (χ1) is 10.6. The Bertz CT molecular complexity index is 483. The number of amides is 1. The Morgan fingerprint density at radius 3 is 2.55 bits per heavy atom. The quantitative estimate of drug-likeness (QED) is 0.873. The van der Waals surface area contributed by atoms with E-state index in [0.717, 1.165) is 32.7 Å². The van der Waals surface area contributed by atoms with E-state index in [4.69, 9.17) is 4.74 Å². The lowest BCUT2D eigenvalue weighted by atomic mass is 10.2. The zero-order valence-electron chi connectivity index (χ0n) is 13.5. The molecular weight excluding hydrogens is 280 g/mol. The Kier molecular flexibility index (Phi) is 6.07. The van der Waals surface area contributed by atoms with Crippen molar-refractivity contribution < 1.29 is 14.6 Å². The van der Waals surface area contributed by atoms with Crippen molar-refractivity contribution in [2.45, 2.75) is 20.3 Å². The fraction of sp³-hybridized carbons (Fsp3) is 0.588. The highest BCUT2D eigenvalue weighted by atomic mass is 16.5. The van der Waals surface area contributed by atoms with Gasteiger partial charge in [-0.05, 0) is 18.1 Å². The van der Waals surface area contributed by atoms with Crippen molar-refractivity contribution >= 4 is 5.91 Å². The summed E-state index contributed by atoms with van der Waals surface area (Å²) >= 11 is 0. The first-order valence-corrected chi connectivity index (χ1v) is 7.97. The van der Waals surface area contributed by atoms with Crippen LogP contribution in [0.25, 0.3) is 0 Å². The van der Waals surface area contributed by atoms with Crippen LogP contribution in [-0.4, -0.2) is 60.1 Å². The molecule has 1 heterocycles. The molecule has 0 aromatic heterocycles. The Labute approximate surface area is 132 Å². The van der Waals surface area contributed by atoms with Gasteiger partial charge in [0.1, 0.15) is 0 Å². The lowest BCUT2D eigenvalue weighted by molar-refractivity contribution is -0.133. The number of benzene rings is 1. The normalized spacial score (nSPS) is 16.0. The lowest BCUT2D eigenvalue weighted by Gasteiger charge is -2.35. The van der Waals surface area contributed by atoms with Crippen molar-refractivity contribution in [3.8, 4) is 11.5 Å². The smallest absolute Gasteiger partial charge is 0.226 e. The standard InChI is InChI=1S/C17H26N2O3/c1-14(2)13-18-8-10-19(11-9-18)17(21)7-12-22-16-6-4-3-5-15(16)20/h3-6,14,20H,7-13H2,1-2H3. The van der Waals surface area contributed by atoms with Crippen molar-refractivity contribution in [1.29, 1.82) is 0 Å². The Morgan fingerprint density at radius 1 is 1.23 bits per heavy atom. The van der Waals surface area contributed by atoms with Gasteiger partial charge in [-0.25, -0.2) is 0 Å². The lowest BCUT2D eigenvalue weighted by Crippen LogP contribution is -2.49. The van der Waals surface area contributed by atoms with Crippen LogP contribution in [0.1, 0.15) is 20.3 Å². The summed E-state index contributed by atoms with van der Waals surface area (Å²) in [6.07, 6.45) is 0.346. The molecule has 1 N–H and O–H groups in total. The maximum absolute atomic E-state index is 12.2. The molecule has 1 aromatic rings. The average molecular weight is 306 g/mol. The number of para-hydroxylation sites is 2. The number of hydrogen-bond donors (Lipinski definition) is 1. The molecule has 0 unspecified atom stereocenters. The number of aromatic hydroxyl groups is 1. The van der Waals surface area contributed by atoms with Gasteiger partial charge in [0, 0.05) is 32.7 Å². The third kappa shape index (κ3) is 4.91. The van der Waals surface area contributed by atoms with Gasteiger partial charge in [0.05, 0.1) is 13.0 Å². The third-order valence-corrected chi connectivity index (χ3v) is 3.79. The highest BCUT2D eigenvalue weighted by Gasteiger charge is 2.21. The van der Waals surface area contributed by atoms with E-state index in [1.807, 2.05) is 4.90 Å². The predicted molar refractivity (Wildman–Crippen MR) is 86.1 cm³/mol. The van der Waals surface area contributed by atoms with Gasteiger partial charge in [-0.1, -0.05) is 26.0 Å². The predicted octanol–water partition coefficient (Wildman–Crippen LogP) is 1.96. The SMILES string of the molecule is CC(C)CN1CCN(C(=O)CCOc2ccccc2O)CC1. The van der Waals surface area contributed by atoms with Crippen LogP contribution in [0.5, 0.6) is 11.5 Å². The molecule has 122 valence electrons. The molecule has 1 aliphatic rings. The second-order valence-corrected chi connectivity index (χ2v) is 6.14. The summed E-state index contributed by atoms with van der Waals surface area (Å²) in [5, 5.41) is 9.60. The van der Waals surface area contributed by atoms with Crippen LogP contribution in [0.15, 0.2) is 24.3 Å². The third-order valence-electron chi connectivity index (χ3n) is 3.79. The van der Waals surface area contributed by atoms with E-state index in [2.05, 4.69) is 18.7 Å². The molecule has 0 bridgehead atoms. The van der Waals surface area contributed by atoms with Gasteiger partial charge in [0.15, 0.2) is 11.5 Å². The minimum Gasteiger partial charge on any atom is -0.504 e. The van der Waals surface area contributed by atoms with Crippen molar-refractivity contribution in [3.63, 3.8) is 0 Å². The van der Waals surface area contributed by atoms with E-state index in [9.17, 15) is 9.90 Å². The van der Waals surface area contributed by atoms with E-state index in [1.165, 1.54) is 0 Å². The molecular formula is C17H26N2O3. The fourth-order valence-corrected chi connectivity index (χ4v) is 2.68. The van der Waals surface area contributed by atoms with E-state index in [0.29, 0.717) is 24.7 Å². The van der Waals surface area contributed by atoms with Crippen LogP contribution in [0.3, 0.4) is 0 Å². The molecule has 22 heavy (non-hydrogen) atoms. The number of phenols is 1. The molecule has 0 radical (unpaired) electrons. The molecule has 2 rings (SSSR count). The number of rotatable bonds is 6. The number of phenolic OH excluding ortho intramolecular Hbond substituents is 1. The van der Waals surface area contributed by atoms with Crippen LogP contribution in [-0.2, 0) is 4.79 Å². The molecule has 1 aliphatic heterocycles. The molecule has 1 amide bonds. The van der Waals surface area contributed by atoms with Crippen molar-refractivity contribution in [1.82, 2.24) is 9.80 Å². The van der Waals surface area contributed by atoms with Crippen LogP contribution >= 0.6 is 0 Å². The number of nitrogens with zero attached hydrogens (tertiary/aromatic N) is 2. The average Bonchev–Trinajstić information content (AvgIpc) is 2.49. The summed E-state index contributed by atoms with van der Waals surface area (Å²) in [5.41, 5.74) is 0. The number of piperazine rings is 1. The van der Waals surface area contributed by atoms with Gasteiger partial charge in [-0.15, -0.1) is 0 Å². The Hall–Kier alpha value is -1.75. The van der Waals surface area contributed by atoms with Gasteiger partial charge in [0.2, 0.25) is 5.91 Å². The number of ether oxygens (including phenoxy) is 1. The summed E-state index contributed by atoms with van der Waals surface area (Å²) in [5.74, 6) is 1.32. The molecule has 1 aromatic carbocycles. The van der Waals surface area contributed by atoms with Gasteiger partial charge in [-0.3, -0.25) is 9.69 Å². The van der Waals surface area contributed by atoms with Gasteiger partial charge < -0.3 is 14.7 Å². The number of carbonyl (C=O) groups excluding carboxylic acids is 1. The minimum absolute atomic E-state index is 0.109. The van der Waals surface area contributed by atoms with E-state index in [1.54, 1.807) is 24.3 Å². The highest BCUT2D eigenvalue weighted by molar-refractivity contribution is 5.76. The molecule has 0 saturated carbocycles. The second kappa shape index (κ2) is 8.03. The zero-order chi connectivity index (χ0) is 15.9. The van der Waals surface area contributed by atoms with Crippen LogP contribution in [0.4, 0.5) is 0 Å². The summed E-state index contributed by atoms with van der Waals surface area (Å²) in [4.78, 5) is 16.5. The Morgan fingerprint density at radius 2 is 1.91 bits per heavy atom. The molecule has 0 spiro atoms. The summed E-state index contributed by atoms with van der Waals surface area (Å²) in [7, 11) is 0. The second-order valence-electron chi connectivity index (χ2n) is 6.14. The van der Waals surface area contributed by atoms with E-state index < -0.39 is 0 Å². The van der Waals surface area contributed by atoms with Gasteiger partial charge >= 0.3 is 0 Å². The van der Waals surface area contributed by atoms with Crippen molar-refractivity contribution in [2.75, 3.05) is 39.3 Å². The van der Waals surface area contributed by atoms with Gasteiger partial charge in [-0.2, -0.15) is 0 Å². The molecule has 5 nitrogen and oxygen atoms in total. The van der Waals surface area contributed by atoms with Crippen molar-refractivity contribution in [2.24, 2.45) is 5.92 Å². The van der Waals surface area contributed by atoms with Gasteiger partial charge in [0.25, 0.3) is 0 Å². The summed E-state index contributed by atoms with van der Waals surface area (Å²) in [6, 6.07) is 6.81. The number of hydrogen-bond acceptors (Lipinski definition) is 4.